The third-order valence-electron chi connectivity index (χ3n) is 3.21. The van der Waals surface area contributed by atoms with Gasteiger partial charge < -0.3 is 5.73 Å². The van der Waals surface area contributed by atoms with Crippen molar-refractivity contribution in [2.24, 2.45) is 11.7 Å². The average Bonchev–Trinajstić information content (AvgIpc) is 2.58. The van der Waals surface area contributed by atoms with Gasteiger partial charge in [-0.2, -0.15) is 0 Å². The molecular formula is C12H15ClFN. The first-order valence-electron chi connectivity index (χ1n) is 5.36. The summed E-state index contributed by atoms with van der Waals surface area (Å²) in [6.45, 7) is 0. The minimum absolute atomic E-state index is 0.221. The summed E-state index contributed by atoms with van der Waals surface area (Å²) in [5.41, 5.74) is 6.87. The Balaban J connectivity index is 2.12. The fourth-order valence-electron chi connectivity index (χ4n) is 2.30. The summed E-state index contributed by atoms with van der Waals surface area (Å²) >= 11 is 6.01. The quantitative estimate of drug-likeness (QED) is 0.825. The van der Waals surface area contributed by atoms with Crippen LogP contribution in [0.2, 0.25) is 5.02 Å². The molecule has 0 saturated heterocycles. The lowest BCUT2D eigenvalue weighted by Gasteiger charge is -2.15. The maximum Gasteiger partial charge on any atom is 0.123 e. The molecule has 0 bridgehead atoms. The van der Waals surface area contributed by atoms with E-state index in [2.05, 4.69) is 0 Å². The van der Waals surface area contributed by atoms with E-state index in [1.165, 1.54) is 18.6 Å². The Morgan fingerprint density at radius 2 is 2.20 bits per heavy atom. The van der Waals surface area contributed by atoms with Crippen LogP contribution in [0, 0.1) is 11.7 Å². The summed E-state index contributed by atoms with van der Waals surface area (Å²) in [5, 5.41) is 0.649. The second kappa shape index (κ2) is 4.50. The zero-order valence-corrected chi connectivity index (χ0v) is 9.30. The Kier molecular flexibility index (Phi) is 3.27. The topological polar surface area (TPSA) is 26.0 Å². The Bertz CT molecular complexity index is 353. The molecule has 2 rings (SSSR count). The van der Waals surface area contributed by atoms with Crippen LogP contribution in [-0.2, 0) is 6.42 Å². The molecule has 1 nitrogen and oxygen atoms in total. The van der Waals surface area contributed by atoms with Gasteiger partial charge in [-0.15, -0.1) is 0 Å². The van der Waals surface area contributed by atoms with E-state index in [0.29, 0.717) is 10.9 Å². The van der Waals surface area contributed by atoms with Gasteiger partial charge in [0.15, 0.2) is 0 Å². The van der Waals surface area contributed by atoms with Crippen LogP contribution in [0.25, 0.3) is 0 Å². The molecule has 0 amide bonds. The monoisotopic (exact) mass is 227 g/mol. The van der Waals surface area contributed by atoms with E-state index in [1.54, 1.807) is 6.07 Å². The first-order valence-corrected chi connectivity index (χ1v) is 5.74. The van der Waals surface area contributed by atoms with Crippen molar-refractivity contribution in [1.82, 2.24) is 0 Å². The molecule has 82 valence electrons. The highest BCUT2D eigenvalue weighted by atomic mass is 35.5. The second-order valence-electron chi connectivity index (χ2n) is 4.29. The smallest absolute Gasteiger partial charge is 0.123 e. The molecule has 1 saturated carbocycles. The minimum Gasteiger partial charge on any atom is -0.327 e. The predicted octanol–water partition coefficient (Wildman–Crippen LogP) is 3.15. The zero-order valence-electron chi connectivity index (χ0n) is 8.55. The number of hydrogen-bond acceptors (Lipinski definition) is 1. The van der Waals surface area contributed by atoms with Gasteiger partial charge in [0.1, 0.15) is 5.82 Å². The molecule has 15 heavy (non-hydrogen) atoms. The lowest BCUT2D eigenvalue weighted by Crippen LogP contribution is -2.25. The van der Waals surface area contributed by atoms with E-state index in [9.17, 15) is 4.39 Å². The lowest BCUT2D eigenvalue weighted by molar-refractivity contribution is 0.477. The fraction of sp³-hybridized carbons (Fsp3) is 0.500. The third-order valence-corrected chi connectivity index (χ3v) is 3.58. The first-order chi connectivity index (χ1) is 7.16. The van der Waals surface area contributed by atoms with Gasteiger partial charge in [-0.3, -0.25) is 0 Å². The molecule has 0 spiro atoms. The largest absolute Gasteiger partial charge is 0.327 e. The van der Waals surface area contributed by atoms with Crippen LogP contribution >= 0.6 is 11.6 Å². The van der Waals surface area contributed by atoms with E-state index >= 15 is 0 Å². The van der Waals surface area contributed by atoms with Crippen LogP contribution in [0.1, 0.15) is 24.8 Å². The highest BCUT2D eigenvalue weighted by molar-refractivity contribution is 6.31. The molecule has 2 N–H and O–H groups in total. The zero-order chi connectivity index (χ0) is 10.8. The van der Waals surface area contributed by atoms with Gasteiger partial charge in [-0.05, 0) is 48.9 Å². The lowest BCUT2D eigenvalue weighted by atomic mass is 9.95. The van der Waals surface area contributed by atoms with Crippen LogP contribution < -0.4 is 5.73 Å². The van der Waals surface area contributed by atoms with Crippen molar-refractivity contribution >= 4 is 11.6 Å². The van der Waals surface area contributed by atoms with E-state index in [1.807, 2.05) is 0 Å². The van der Waals surface area contributed by atoms with Crippen molar-refractivity contribution in [3.05, 3.63) is 34.6 Å². The van der Waals surface area contributed by atoms with Gasteiger partial charge in [0, 0.05) is 11.1 Å². The molecular weight excluding hydrogens is 213 g/mol. The normalized spacial score (nSPS) is 25.8. The predicted molar refractivity (Wildman–Crippen MR) is 60.4 cm³/mol. The molecule has 0 heterocycles. The summed E-state index contributed by atoms with van der Waals surface area (Å²) in [7, 11) is 0. The van der Waals surface area contributed by atoms with Gasteiger partial charge in [-0.1, -0.05) is 18.0 Å². The molecule has 1 fully saturated rings. The van der Waals surface area contributed by atoms with Gasteiger partial charge in [0.05, 0.1) is 0 Å². The van der Waals surface area contributed by atoms with Gasteiger partial charge >= 0.3 is 0 Å². The SMILES string of the molecule is NC1CCCC1Cc1cc(F)ccc1Cl. The van der Waals surface area contributed by atoms with Crippen molar-refractivity contribution in [2.45, 2.75) is 31.7 Å². The van der Waals surface area contributed by atoms with E-state index in [4.69, 9.17) is 17.3 Å². The summed E-state index contributed by atoms with van der Waals surface area (Å²) in [6, 6.07) is 4.78. The average molecular weight is 228 g/mol. The highest BCUT2D eigenvalue weighted by Gasteiger charge is 2.24. The van der Waals surface area contributed by atoms with Crippen molar-refractivity contribution in [3.8, 4) is 0 Å². The summed E-state index contributed by atoms with van der Waals surface area (Å²) in [5.74, 6) is 0.241. The van der Waals surface area contributed by atoms with Crippen LogP contribution in [0.5, 0.6) is 0 Å². The number of rotatable bonds is 2. The minimum atomic E-state index is -0.221. The van der Waals surface area contributed by atoms with Crippen molar-refractivity contribution in [1.29, 1.82) is 0 Å². The Morgan fingerprint density at radius 3 is 2.87 bits per heavy atom. The second-order valence-corrected chi connectivity index (χ2v) is 4.70. The number of halogens is 2. The van der Waals surface area contributed by atoms with E-state index in [0.717, 1.165) is 24.8 Å². The molecule has 1 aliphatic rings. The van der Waals surface area contributed by atoms with E-state index in [-0.39, 0.29) is 11.9 Å². The van der Waals surface area contributed by atoms with Gasteiger partial charge in [0.25, 0.3) is 0 Å². The maximum atomic E-state index is 13.0. The van der Waals surface area contributed by atoms with Crippen molar-refractivity contribution in [2.75, 3.05) is 0 Å². The Labute approximate surface area is 94.4 Å². The number of nitrogens with two attached hydrogens (primary N) is 1. The van der Waals surface area contributed by atoms with E-state index < -0.39 is 0 Å². The van der Waals surface area contributed by atoms with Crippen LogP contribution in [-0.4, -0.2) is 6.04 Å². The maximum absolute atomic E-state index is 13.0. The van der Waals surface area contributed by atoms with Gasteiger partial charge in [-0.25, -0.2) is 4.39 Å². The highest BCUT2D eigenvalue weighted by Crippen LogP contribution is 2.29. The van der Waals surface area contributed by atoms with Gasteiger partial charge in [0.2, 0.25) is 0 Å². The number of hydrogen-bond donors (Lipinski definition) is 1. The fourth-order valence-corrected chi connectivity index (χ4v) is 2.50. The molecule has 0 aromatic heterocycles. The van der Waals surface area contributed by atoms with Crippen LogP contribution in [0.4, 0.5) is 4.39 Å². The number of benzene rings is 1. The molecule has 0 aliphatic heterocycles. The third kappa shape index (κ3) is 2.50. The molecule has 3 heteroatoms. The summed E-state index contributed by atoms with van der Waals surface area (Å²) in [4.78, 5) is 0. The molecule has 2 atom stereocenters. The van der Waals surface area contributed by atoms with Crippen molar-refractivity contribution < 1.29 is 4.39 Å². The molecule has 1 aromatic carbocycles. The molecule has 1 aliphatic carbocycles. The standard InChI is InChI=1S/C12H15ClFN/c13-11-5-4-10(14)7-9(11)6-8-2-1-3-12(8)15/h4-5,7-8,12H,1-3,6,15H2. The van der Waals surface area contributed by atoms with Crippen LogP contribution in [0.15, 0.2) is 18.2 Å². The first kappa shape index (κ1) is 10.9. The van der Waals surface area contributed by atoms with Crippen LogP contribution in [0.3, 0.4) is 0 Å². The molecule has 2 unspecified atom stereocenters. The summed E-state index contributed by atoms with van der Waals surface area (Å²) in [6.07, 6.45) is 4.20. The molecule has 1 aromatic rings. The van der Waals surface area contributed by atoms with Crippen molar-refractivity contribution in [3.63, 3.8) is 0 Å². The summed E-state index contributed by atoms with van der Waals surface area (Å²) < 4.78 is 13.0. The molecule has 0 radical (unpaired) electrons. The Hall–Kier alpha value is -0.600. The Morgan fingerprint density at radius 1 is 1.40 bits per heavy atom.